The molecule has 0 bridgehead atoms. The summed E-state index contributed by atoms with van der Waals surface area (Å²) in [5, 5.41) is 10.1. The average Bonchev–Trinajstić information content (AvgIpc) is 2.55. The highest BCUT2D eigenvalue weighted by molar-refractivity contribution is 7.99. The zero-order valence-electron chi connectivity index (χ0n) is 13.2. The van der Waals surface area contributed by atoms with Gasteiger partial charge in [0.2, 0.25) is 0 Å². The van der Waals surface area contributed by atoms with Crippen molar-refractivity contribution in [2.75, 3.05) is 12.4 Å². The molecule has 118 valence electrons. The van der Waals surface area contributed by atoms with Crippen LogP contribution in [0.4, 0.5) is 0 Å². The number of hydrogen-bond donors (Lipinski definition) is 0. The van der Waals surface area contributed by atoms with Gasteiger partial charge in [-0.3, -0.25) is 14.3 Å². The maximum Gasteiger partial charge on any atom is 0.273 e. The van der Waals surface area contributed by atoms with Gasteiger partial charge in [0.1, 0.15) is 11.6 Å². The highest BCUT2D eigenvalue weighted by Crippen LogP contribution is 2.27. The Labute approximate surface area is 139 Å². The third kappa shape index (κ3) is 3.16. The second-order valence-corrected chi connectivity index (χ2v) is 6.90. The number of nitriles is 1. The van der Waals surface area contributed by atoms with Gasteiger partial charge in [0, 0.05) is 12.1 Å². The molecule has 0 amide bonds. The zero-order valence-corrected chi connectivity index (χ0v) is 14.0. The summed E-state index contributed by atoms with van der Waals surface area (Å²) in [4.78, 5) is 19.5. The van der Waals surface area contributed by atoms with Crippen LogP contribution in [0.2, 0.25) is 0 Å². The van der Waals surface area contributed by atoms with Crippen LogP contribution in [-0.4, -0.2) is 26.9 Å². The molecule has 0 spiro atoms. The van der Waals surface area contributed by atoms with Crippen LogP contribution >= 0.6 is 11.8 Å². The van der Waals surface area contributed by atoms with Crippen LogP contribution in [0, 0.1) is 17.2 Å². The van der Waals surface area contributed by atoms with E-state index in [1.807, 2.05) is 36.4 Å². The molecule has 23 heavy (non-hydrogen) atoms. The van der Waals surface area contributed by atoms with E-state index in [-0.39, 0.29) is 11.1 Å². The van der Waals surface area contributed by atoms with E-state index in [2.05, 4.69) is 23.7 Å². The lowest BCUT2D eigenvalue weighted by Gasteiger charge is -2.30. The minimum atomic E-state index is -0.252. The summed E-state index contributed by atoms with van der Waals surface area (Å²) in [5.41, 5.74) is 1.15. The van der Waals surface area contributed by atoms with Gasteiger partial charge in [-0.25, -0.2) is 4.98 Å². The molecular weight excluding hydrogens is 308 g/mol. The molecule has 3 rings (SSSR count). The first-order chi connectivity index (χ1) is 11.1. The quantitative estimate of drug-likeness (QED) is 0.812. The van der Waals surface area contributed by atoms with E-state index in [4.69, 9.17) is 0 Å². The molecule has 0 saturated heterocycles. The van der Waals surface area contributed by atoms with E-state index < -0.39 is 0 Å². The molecule has 0 atom stereocenters. The van der Waals surface area contributed by atoms with E-state index in [0.29, 0.717) is 23.4 Å². The van der Waals surface area contributed by atoms with Crippen molar-refractivity contribution in [3.05, 3.63) is 46.2 Å². The molecule has 0 unspecified atom stereocenters. The minimum absolute atomic E-state index is 0.118. The number of thioether (sulfide) groups is 1. The summed E-state index contributed by atoms with van der Waals surface area (Å²) in [6.45, 7) is 5.72. The van der Waals surface area contributed by atoms with Gasteiger partial charge < -0.3 is 0 Å². The Kier molecular flexibility index (Phi) is 4.51. The van der Waals surface area contributed by atoms with Crippen molar-refractivity contribution in [3.63, 3.8) is 0 Å². The molecule has 5 nitrogen and oxygen atoms in total. The fourth-order valence-corrected chi connectivity index (χ4v) is 3.63. The van der Waals surface area contributed by atoms with E-state index in [0.717, 1.165) is 18.0 Å². The fraction of sp³-hybridized carbons (Fsp3) is 0.353. The van der Waals surface area contributed by atoms with Crippen molar-refractivity contribution < 1.29 is 0 Å². The number of nitrogens with zero attached hydrogens (tertiary/aromatic N) is 4. The fourth-order valence-electron chi connectivity index (χ4n) is 2.69. The largest absolute Gasteiger partial charge is 0.275 e. The molecule has 0 fully saturated rings. The number of rotatable bonds is 3. The third-order valence-corrected chi connectivity index (χ3v) is 4.70. The molecule has 0 N–H and O–H groups in total. The van der Waals surface area contributed by atoms with Crippen LogP contribution in [0.25, 0.3) is 11.3 Å². The third-order valence-electron chi connectivity index (χ3n) is 3.63. The first-order valence-electron chi connectivity index (χ1n) is 7.55. The second kappa shape index (κ2) is 6.57. The van der Waals surface area contributed by atoms with Crippen molar-refractivity contribution in [3.8, 4) is 17.3 Å². The van der Waals surface area contributed by atoms with Crippen molar-refractivity contribution in [2.24, 2.45) is 5.92 Å². The van der Waals surface area contributed by atoms with Crippen molar-refractivity contribution >= 4 is 11.8 Å². The number of benzene rings is 1. The standard InChI is InChI=1S/C17H18N4OS/c1-12(2)9-20-10-21-16(22)14(8-18)15(19-17(21)23-11-20)13-6-4-3-5-7-13/h3-7,12H,9-11H2,1-2H3. The van der Waals surface area contributed by atoms with Gasteiger partial charge in [-0.2, -0.15) is 5.26 Å². The molecule has 1 aromatic carbocycles. The van der Waals surface area contributed by atoms with E-state index in [1.54, 1.807) is 16.3 Å². The van der Waals surface area contributed by atoms with Gasteiger partial charge in [-0.15, -0.1) is 0 Å². The monoisotopic (exact) mass is 326 g/mol. The summed E-state index contributed by atoms with van der Waals surface area (Å²) >= 11 is 1.55. The second-order valence-electron chi connectivity index (χ2n) is 5.99. The Hall–Kier alpha value is -2.10. The van der Waals surface area contributed by atoms with Crippen LogP contribution in [0.5, 0.6) is 0 Å². The first kappa shape index (κ1) is 15.8. The van der Waals surface area contributed by atoms with Gasteiger partial charge in [-0.05, 0) is 5.92 Å². The highest BCUT2D eigenvalue weighted by atomic mass is 32.2. The summed E-state index contributed by atoms with van der Waals surface area (Å²) < 4.78 is 1.61. The van der Waals surface area contributed by atoms with E-state index >= 15 is 0 Å². The van der Waals surface area contributed by atoms with Crippen LogP contribution < -0.4 is 5.56 Å². The maximum atomic E-state index is 12.7. The predicted octanol–water partition coefficient (Wildman–Crippen LogP) is 2.76. The Bertz CT molecular complexity index is 808. The lowest BCUT2D eigenvalue weighted by atomic mass is 10.1. The Morgan fingerprint density at radius 1 is 1.35 bits per heavy atom. The van der Waals surface area contributed by atoms with Gasteiger partial charge in [0.25, 0.3) is 5.56 Å². The maximum absolute atomic E-state index is 12.7. The molecule has 1 aliphatic heterocycles. The Morgan fingerprint density at radius 3 is 2.74 bits per heavy atom. The summed E-state index contributed by atoms with van der Waals surface area (Å²) in [7, 11) is 0. The molecule has 6 heteroatoms. The van der Waals surface area contributed by atoms with Crippen molar-refractivity contribution in [2.45, 2.75) is 25.7 Å². The van der Waals surface area contributed by atoms with E-state index in [1.165, 1.54) is 0 Å². The lowest BCUT2D eigenvalue weighted by molar-refractivity contribution is 0.207. The molecule has 0 radical (unpaired) electrons. The summed E-state index contributed by atoms with van der Waals surface area (Å²) in [6.07, 6.45) is 0. The molecule has 2 aromatic rings. The van der Waals surface area contributed by atoms with Gasteiger partial charge >= 0.3 is 0 Å². The van der Waals surface area contributed by atoms with Crippen molar-refractivity contribution in [1.29, 1.82) is 5.26 Å². The molecular formula is C17H18N4OS. The number of fused-ring (bicyclic) bond motifs is 1. The molecule has 1 aliphatic rings. The summed E-state index contributed by atoms with van der Waals surface area (Å²) in [5.74, 6) is 1.34. The average molecular weight is 326 g/mol. The topological polar surface area (TPSA) is 61.9 Å². The van der Waals surface area contributed by atoms with Crippen molar-refractivity contribution in [1.82, 2.24) is 14.5 Å². The SMILES string of the molecule is CC(C)CN1CSc2nc(-c3ccccc3)c(C#N)c(=O)n2C1. The molecule has 1 aromatic heterocycles. The van der Waals surface area contributed by atoms with Crippen LogP contribution in [0.1, 0.15) is 19.4 Å². The highest BCUT2D eigenvalue weighted by Gasteiger charge is 2.23. The normalized spacial score (nSPS) is 14.5. The first-order valence-corrected chi connectivity index (χ1v) is 8.54. The predicted molar refractivity (Wildman–Crippen MR) is 90.9 cm³/mol. The molecule has 2 heterocycles. The van der Waals surface area contributed by atoms with E-state index in [9.17, 15) is 10.1 Å². The van der Waals surface area contributed by atoms with Crippen LogP contribution in [0.3, 0.4) is 0 Å². The lowest BCUT2D eigenvalue weighted by Crippen LogP contribution is -2.40. The van der Waals surface area contributed by atoms with Gasteiger partial charge in [-0.1, -0.05) is 55.9 Å². The Morgan fingerprint density at radius 2 is 2.09 bits per heavy atom. The van der Waals surface area contributed by atoms with Crippen LogP contribution in [-0.2, 0) is 6.67 Å². The molecule has 0 saturated carbocycles. The smallest absolute Gasteiger partial charge is 0.273 e. The number of hydrogen-bond acceptors (Lipinski definition) is 5. The summed E-state index contributed by atoms with van der Waals surface area (Å²) in [6, 6.07) is 11.5. The number of aromatic nitrogens is 2. The minimum Gasteiger partial charge on any atom is -0.275 e. The zero-order chi connectivity index (χ0) is 16.4. The Balaban J connectivity index is 2.07. The van der Waals surface area contributed by atoms with Crippen LogP contribution in [0.15, 0.2) is 40.3 Å². The van der Waals surface area contributed by atoms with Gasteiger partial charge in [0.15, 0.2) is 5.16 Å². The van der Waals surface area contributed by atoms with Gasteiger partial charge in [0.05, 0.1) is 18.2 Å². The molecule has 0 aliphatic carbocycles.